The molecule has 0 spiro atoms. The third-order valence-electron chi connectivity index (χ3n) is 13.3. The molecular weight excluding hydrogens is 1050 g/mol. The molecule has 4 aromatic carbocycles. The molecular formula is C62H87F6N9O4. The summed E-state index contributed by atoms with van der Waals surface area (Å²) in [6.45, 7) is 22.3. The first-order valence-corrected chi connectivity index (χ1v) is 28.7. The van der Waals surface area contributed by atoms with Crippen LogP contribution in [0, 0.1) is 61.1 Å². The number of aryl methyl sites for hydroxylation is 1. The van der Waals surface area contributed by atoms with Crippen LogP contribution >= 0.6 is 0 Å². The maximum atomic E-state index is 13.0. The van der Waals surface area contributed by atoms with E-state index in [-0.39, 0.29) is 33.0 Å². The van der Waals surface area contributed by atoms with Crippen molar-refractivity contribution in [3.8, 4) is 18.2 Å². The number of anilines is 4. The lowest BCUT2D eigenvalue weighted by molar-refractivity contribution is -0.385. The highest BCUT2D eigenvalue weighted by Gasteiger charge is 2.35. The Labute approximate surface area is 478 Å². The van der Waals surface area contributed by atoms with Gasteiger partial charge in [0.25, 0.3) is 11.4 Å². The monoisotopic (exact) mass is 1140 g/mol. The molecule has 0 aromatic heterocycles. The molecule has 0 heterocycles. The summed E-state index contributed by atoms with van der Waals surface area (Å²) in [5.41, 5.74) is 1.55. The van der Waals surface area contributed by atoms with E-state index in [9.17, 15) is 46.6 Å². The lowest BCUT2D eigenvalue weighted by Gasteiger charge is -2.25. The molecule has 13 nitrogen and oxygen atoms in total. The van der Waals surface area contributed by atoms with E-state index in [1.54, 1.807) is 43.3 Å². The van der Waals surface area contributed by atoms with Gasteiger partial charge in [-0.05, 0) is 113 Å². The molecule has 0 unspecified atom stereocenters. The largest absolute Gasteiger partial charge is 0.417 e. The number of alkyl halides is 6. The first-order valence-electron chi connectivity index (χ1n) is 28.7. The molecule has 0 amide bonds. The molecule has 19 heteroatoms. The van der Waals surface area contributed by atoms with Crippen molar-refractivity contribution in [2.45, 2.75) is 177 Å². The van der Waals surface area contributed by atoms with Gasteiger partial charge in [0.2, 0.25) is 0 Å². The number of nitro groups is 2. The second-order valence-electron chi connectivity index (χ2n) is 19.9. The van der Waals surface area contributed by atoms with Crippen LogP contribution in [0.25, 0.3) is 0 Å². The van der Waals surface area contributed by atoms with Gasteiger partial charge in [0.1, 0.15) is 11.6 Å². The van der Waals surface area contributed by atoms with Gasteiger partial charge in [-0.3, -0.25) is 20.2 Å². The standard InChI is InChI=1S/C16H21F3N2.C16H23N3O2.C15H19F3N2.C15H24N2O2/c1-3-5-9-21(10-6-4-2)14-8-7-13(12-20)15(11-14)16(17,18)19;1-3-4-5-6-7-8-11-18(2)15-10-9-14(13-17)16(12-15)19(20)21;1-3-5-9-20(8-4-2)13-7-6-12(11-19)14(10-13)15(16,17)18;1-4-6-10-16(11-7-5-2)14-8-9-15(17(18)19)13(3)12-14/h7-8,11H,3-6,9-10H2,1-2H3;9-10,12H,3-8,11H2,1-2H3;6-7,10H,3-5,8-9H2,1-2H3;8-9,12H,4-7,10-11H2,1-3H3. The summed E-state index contributed by atoms with van der Waals surface area (Å²) in [6.07, 6.45) is 9.59. The molecule has 4 aromatic rings. The summed E-state index contributed by atoms with van der Waals surface area (Å²) in [7, 11) is 1.93. The summed E-state index contributed by atoms with van der Waals surface area (Å²) in [6, 6.07) is 23.2. The van der Waals surface area contributed by atoms with Crippen molar-refractivity contribution in [3.63, 3.8) is 0 Å². The van der Waals surface area contributed by atoms with Crippen molar-refractivity contribution in [2.24, 2.45) is 0 Å². The second kappa shape index (κ2) is 39.3. The fourth-order valence-corrected chi connectivity index (χ4v) is 8.55. The van der Waals surface area contributed by atoms with Gasteiger partial charge < -0.3 is 19.6 Å². The smallest absolute Gasteiger partial charge is 0.374 e. The van der Waals surface area contributed by atoms with E-state index >= 15 is 0 Å². The zero-order chi connectivity index (χ0) is 61.0. The van der Waals surface area contributed by atoms with Crippen LogP contribution in [0.5, 0.6) is 0 Å². The van der Waals surface area contributed by atoms with Crippen molar-refractivity contribution < 1.29 is 36.2 Å². The van der Waals surface area contributed by atoms with E-state index in [2.05, 4.69) is 39.5 Å². The highest BCUT2D eigenvalue weighted by molar-refractivity contribution is 5.60. The molecule has 0 aliphatic carbocycles. The number of nitriles is 3. The summed E-state index contributed by atoms with van der Waals surface area (Å²) >= 11 is 0. The van der Waals surface area contributed by atoms with Crippen LogP contribution in [0.3, 0.4) is 0 Å². The predicted octanol–water partition coefficient (Wildman–Crippen LogP) is 18.2. The Bertz CT molecular complexity index is 2590. The number of hydrogen-bond acceptors (Lipinski definition) is 11. The van der Waals surface area contributed by atoms with Gasteiger partial charge in [-0.1, -0.05) is 113 Å². The normalized spacial score (nSPS) is 10.8. The predicted molar refractivity (Wildman–Crippen MR) is 316 cm³/mol. The van der Waals surface area contributed by atoms with Crippen LogP contribution in [-0.4, -0.2) is 62.7 Å². The average Bonchev–Trinajstić information content (AvgIpc) is 3.46. The number of halogens is 6. The molecule has 0 saturated heterocycles. The lowest BCUT2D eigenvalue weighted by atomic mass is 10.1. The van der Waals surface area contributed by atoms with Gasteiger partial charge in [-0.15, -0.1) is 0 Å². The summed E-state index contributed by atoms with van der Waals surface area (Å²) < 4.78 is 77.9. The SMILES string of the molecule is CCCCCCCCN(C)c1ccc(C#N)c([N+](=O)[O-])c1.CCCCN(CCC)c1ccc(C#N)c(C(F)(F)F)c1.CCCCN(CCCC)c1ccc(C#N)c(C(F)(F)F)c1.CCCCN(CCCC)c1ccc([N+](=O)[O-])c(C)c1. The molecule has 0 saturated carbocycles. The van der Waals surface area contributed by atoms with E-state index in [1.807, 2.05) is 53.8 Å². The van der Waals surface area contributed by atoms with E-state index in [4.69, 9.17) is 15.8 Å². The molecule has 0 fully saturated rings. The number of nitrogens with zero attached hydrogens (tertiary/aromatic N) is 9. The van der Waals surface area contributed by atoms with Crippen molar-refractivity contribution in [1.82, 2.24) is 0 Å². The van der Waals surface area contributed by atoms with Crippen molar-refractivity contribution >= 4 is 34.1 Å². The van der Waals surface area contributed by atoms with Crippen LogP contribution in [0.1, 0.15) is 191 Å². The van der Waals surface area contributed by atoms with Crippen molar-refractivity contribution in [3.05, 3.63) is 126 Å². The van der Waals surface area contributed by atoms with Gasteiger partial charge >= 0.3 is 12.4 Å². The number of unbranched alkanes of at least 4 members (excludes halogenated alkanes) is 10. The molecule has 4 rings (SSSR count). The van der Waals surface area contributed by atoms with Gasteiger partial charge in [-0.25, -0.2) is 0 Å². The van der Waals surface area contributed by atoms with E-state index in [0.717, 1.165) is 145 Å². The van der Waals surface area contributed by atoms with Gasteiger partial charge in [-0.2, -0.15) is 42.1 Å². The van der Waals surface area contributed by atoms with Crippen molar-refractivity contribution in [2.75, 3.05) is 72.5 Å². The lowest BCUT2D eigenvalue weighted by Crippen LogP contribution is -2.26. The molecule has 0 aliphatic rings. The van der Waals surface area contributed by atoms with Crippen LogP contribution in [-0.2, 0) is 12.4 Å². The third-order valence-corrected chi connectivity index (χ3v) is 13.3. The van der Waals surface area contributed by atoms with Crippen LogP contribution in [0.2, 0.25) is 0 Å². The zero-order valence-corrected chi connectivity index (χ0v) is 49.3. The Morgan fingerprint density at radius 2 is 0.765 bits per heavy atom. The molecule has 446 valence electrons. The first-order chi connectivity index (χ1) is 38.6. The number of nitro benzene ring substituents is 2. The minimum Gasteiger partial charge on any atom is -0.374 e. The summed E-state index contributed by atoms with van der Waals surface area (Å²) in [5.74, 6) is 0. The zero-order valence-electron chi connectivity index (χ0n) is 49.3. The molecule has 0 atom stereocenters. The van der Waals surface area contributed by atoms with E-state index < -0.39 is 28.4 Å². The second-order valence-corrected chi connectivity index (χ2v) is 19.9. The highest BCUT2D eigenvalue weighted by atomic mass is 19.4. The molecule has 0 bridgehead atoms. The Morgan fingerprint density at radius 3 is 1.12 bits per heavy atom. The quantitative estimate of drug-likeness (QED) is 0.0211. The van der Waals surface area contributed by atoms with E-state index in [1.165, 1.54) is 56.4 Å². The molecule has 0 N–H and O–H groups in total. The fraction of sp³-hybridized carbons (Fsp3) is 0.565. The first kappa shape index (κ1) is 71.9. The Hall–Kier alpha value is -7.07. The maximum absolute atomic E-state index is 13.0. The number of hydrogen-bond donors (Lipinski definition) is 0. The Balaban J connectivity index is 0.000000540. The number of rotatable bonds is 30. The van der Waals surface area contributed by atoms with Crippen LogP contribution < -0.4 is 19.6 Å². The average molecular weight is 1140 g/mol. The molecule has 81 heavy (non-hydrogen) atoms. The van der Waals surface area contributed by atoms with Crippen molar-refractivity contribution in [1.29, 1.82) is 15.8 Å². The van der Waals surface area contributed by atoms with Gasteiger partial charge in [0.15, 0.2) is 0 Å². The van der Waals surface area contributed by atoms with Gasteiger partial charge in [0, 0.05) is 93.3 Å². The fourth-order valence-electron chi connectivity index (χ4n) is 8.55. The minimum atomic E-state index is -4.50. The van der Waals surface area contributed by atoms with Crippen LogP contribution in [0.4, 0.5) is 60.5 Å². The highest BCUT2D eigenvalue weighted by Crippen LogP contribution is 2.36. The van der Waals surface area contributed by atoms with E-state index in [0.29, 0.717) is 17.9 Å². The van der Waals surface area contributed by atoms with Crippen LogP contribution in [0.15, 0.2) is 72.8 Å². The van der Waals surface area contributed by atoms with Gasteiger partial charge in [0.05, 0.1) is 44.2 Å². The molecule has 0 radical (unpaired) electrons. The topological polar surface area (TPSA) is 171 Å². The maximum Gasteiger partial charge on any atom is 0.417 e. The Kier molecular flexibility index (Phi) is 34.9. The Morgan fingerprint density at radius 1 is 0.420 bits per heavy atom. The summed E-state index contributed by atoms with van der Waals surface area (Å²) in [5, 5.41) is 48.3. The summed E-state index contributed by atoms with van der Waals surface area (Å²) in [4.78, 5) is 29.2. The number of benzene rings is 4. The molecule has 0 aliphatic heterocycles. The third kappa shape index (κ3) is 26.4. The minimum absolute atomic E-state index is 0.108.